The van der Waals surface area contributed by atoms with Gasteiger partial charge in [0.1, 0.15) is 0 Å². The molecule has 0 saturated carbocycles. The van der Waals surface area contributed by atoms with Crippen LogP contribution in [-0.2, 0) is 21.1 Å². The molecular weight excluding hydrogens is 404 g/mol. The molecule has 2 fully saturated rings. The highest BCUT2D eigenvalue weighted by atomic mass is 32.2. The third-order valence-corrected chi connectivity index (χ3v) is 8.70. The number of amidine groups is 1. The van der Waals surface area contributed by atoms with Crippen LogP contribution in [0, 0.1) is 20.8 Å². The Morgan fingerprint density at radius 2 is 1.90 bits per heavy atom. The molecular formula is C22H24N2O3S2. The Balaban J connectivity index is 1.66. The number of carbonyl (C=O) groups is 1. The lowest BCUT2D eigenvalue weighted by molar-refractivity contribution is -0.117. The highest BCUT2D eigenvalue weighted by Crippen LogP contribution is 2.41. The number of nitrogens with zero attached hydrogens (tertiary/aromatic N) is 2. The van der Waals surface area contributed by atoms with Gasteiger partial charge in [-0.15, -0.1) is 0 Å². The third kappa shape index (κ3) is 4.26. The number of sulfone groups is 1. The molecule has 0 unspecified atom stereocenters. The summed E-state index contributed by atoms with van der Waals surface area (Å²) in [5, 5.41) is 0.517. The lowest BCUT2D eigenvalue weighted by atomic mass is 10.1. The predicted octanol–water partition coefficient (Wildman–Crippen LogP) is 3.46. The minimum Gasteiger partial charge on any atom is -0.316 e. The molecule has 0 radical (unpaired) electrons. The first-order valence-electron chi connectivity index (χ1n) is 9.62. The van der Waals surface area contributed by atoms with Crippen LogP contribution in [0.15, 0.2) is 47.5 Å². The van der Waals surface area contributed by atoms with Gasteiger partial charge in [0, 0.05) is 10.9 Å². The van der Waals surface area contributed by atoms with Crippen molar-refractivity contribution in [3.05, 3.63) is 64.7 Å². The van der Waals surface area contributed by atoms with Gasteiger partial charge in [0.15, 0.2) is 15.0 Å². The Morgan fingerprint density at radius 1 is 1.10 bits per heavy atom. The number of aliphatic imine (C=N–C) groups is 1. The molecule has 0 bridgehead atoms. The van der Waals surface area contributed by atoms with Gasteiger partial charge in [-0.25, -0.2) is 8.42 Å². The van der Waals surface area contributed by atoms with Crippen molar-refractivity contribution in [2.75, 3.05) is 16.4 Å². The first kappa shape index (κ1) is 20.2. The summed E-state index contributed by atoms with van der Waals surface area (Å²) < 4.78 is 24.4. The Kier molecular flexibility index (Phi) is 5.29. The SMILES string of the molecule is Cc1cccc(CC(=O)N=C2S[C@@H]3CS(=O)(=O)C[C@@H]3N2c2ccc(C)c(C)c2)c1. The Hall–Kier alpha value is -2.12. The summed E-state index contributed by atoms with van der Waals surface area (Å²) in [6, 6.07) is 13.7. The topological polar surface area (TPSA) is 66.8 Å². The van der Waals surface area contributed by atoms with Gasteiger partial charge < -0.3 is 4.90 Å². The van der Waals surface area contributed by atoms with E-state index in [0.29, 0.717) is 5.17 Å². The second-order valence-corrected chi connectivity index (χ2v) is 11.3. The fourth-order valence-corrected chi connectivity index (χ4v) is 7.82. The first-order valence-corrected chi connectivity index (χ1v) is 12.3. The number of anilines is 1. The van der Waals surface area contributed by atoms with Crippen LogP contribution in [0.5, 0.6) is 0 Å². The van der Waals surface area contributed by atoms with E-state index in [2.05, 4.69) is 4.99 Å². The number of thioether (sulfide) groups is 1. The van der Waals surface area contributed by atoms with Crippen molar-refractivity contribution in [3.8, 4) is 0 Å². The summed E-state index contributed by atoms with van der Waals surface area (Å²) in [6.07, 6.45) is 0.236. The van der Waals surface area contributed by atoms with Gasteiger partial charge in [-0.3, -0.25) is 4.79 Å². The van der Waals surface area contributed by atoms with Crippen molar-refractivity contribution in [2.45, 2.75) is 38.5 Å². The van der Waals surface area contributed by atoms with E-state index < -0.39 is 9.84 Å². The maximum Gasteiger partial charge on any atom is 0.252 e. The number of rotatable bonds is 3. The van der Waals surface area contributed by atoms with Crippen molar-refractivity contribution in [2.24, 2.45) is 4.99 Å². The van der Waals surface area contributed by atoms with Crippen molar-refractivity contribution >= 4 is 38.4 Å². The monoisotopic (exact) mass is 428 g/mol. The summed E-state index contributed by atoms with van der Waals surface area (Å²) in [5.41, 5.74) is 5.23. The molecule has 0 spiro atoms. The van der Waals surface area contributed by atoms with E-state index >= 15 is 0 Å². The van der Waals surface area contributed by atoms with Gasteiger partial charge in [-0.1, -0.05) is 47.7 Å². The van der Waals surface area contributed by atoms with Gasteiger partial charge in [0.25, 0.3) is 5.91 Å². The average molecular weight is 429 g/mol. The minimum atomic E-state index is -3.07. The van der Waals surface area contributed by atoms with E-state index in [1.807, 2.05) is 68.1 Å². The molecule has 1 amide bonds. The first-order chi connectivity index (χ1) is 13.7. The summed E-state index contributed by atoms with van der Waals surface area (Å²) in [7, 11) is -3.07. The summed E-state index contributed by atoms with van der Waals surface area (Å²) in [6.45, 7) is 6.07. The summed E-state index contributed by atoms with van der Waals surface area (Å²) in [5.74, 6) is 0.0204. The summed E-state index contributed by atoms with van der Waals surface area (Å²) >= 11 is 1.41. The van der Waals surface area contributed by atoms with E-state index in [9.17, 15) is 13.2 Å². The maximum atomic E-state index is 12.7. The second-order valence-electron chi connectivity index (χ2n) is 7.89. The molecule has 4 rings (SSSR count). The second kappa shape index (κ2) is 7.61. The van der Waals surface area contributed by atoms with Gasteiger partial charge in [-0.2, -0.15) is 4.99 Å². The number of benzene rings is 2. The molecule has 0 aromatic heterocycles. The normalized spacial score (nSPS) is 24.1. The Bertz CT molecular complexity index is 1110. The highest BCUT2D eigenvalue weighted by molar-refractivity contribution is 8.16. The van der Waals surface area contributed by atoms with Crippen molar-refractivity contribution < 1.29 is 13.2 Å². The van der Waals surface area contributed by atoms with E-state index in [1.165, 1.54) is 17.3 Å². The number of amides is 1. The molecule has 152 valence electrons. The van der Waals surface area contributed by atoms with Crippen molar-refractivity contribution in [1.82, 2.24) is 0 Å². The molecule has 0 N–H and O–H groups in total. The minimum absolute atomic E-state index is 0.0906. The fraction of sp³-hybridized carbons (Fsp3) is 0.364. The molecule has 2 aromatic carbocycles. The smallest absolute Gasteiger partial charge is 0.252 e. The van der Waals surface area contributed by atoms with E-state index in [0.717, 1.165) is 22.4 Å². The molecule has 2 aromatic rings. The van der Waals surface area contributed by atoms with Crippen LogP contribution in [-0.4, -0.2) is 42.3 Å². The quantitative estimate of drug-likeness (QED) is 0.749. The molecule has 29 heavy (non-hydrogen) atoms. The predicted molar refractivity (Wildman–Crippen MR) is 120 cm³/mol. The van der Waals surface area contributed by atoms with Gasteiger partial charge >= 0.3 is 0 Å². The standard InChI is InChI=1S/C22H24N2O3S2/c1-14-5-4-6-17(9-14)11-21(25)23-22-24(18-8-7-15(2)16(3)10-18)19-12-29(26,27)13-20(19)28-22/h4-10,19-20H,11-13H2,1-3H3/t19-,20+/m0/s1. The highest BCUT2D eigenvalue weighted by Gasteiger charge is 2.49. The van der Waals surface area contributed by atoms with Crippen LogP contribution >= 0.6 is 11.8 Å². The Labute approximate surface area is 176 Å². The number of fused-ring (bicyclic) bond motifs is 1. The van der Waals surface area contributed by atoms with Crippen molar-refractivity contribution in [1.29, 1.82) is 0 Å². The number of hydrogen-bond acceptors (Lipinski definition) is 4. The molecule has 2 saturated heterocycles. The van der Waals surface area contributed by atoms with Crippen molar-refractivity contribution in [3.63, 3.8) is 0 Å². The zero-order valence-electron chi connectivity index (χ0n) is 16.8. The maximum absolute atomic E-state index is 12.7. The molecule has 2 aliphatic rings. The van der Waals surface area contributed by atoms with Gasteiger partial charge in [0.05, 0.1) is 24.0 Å². The number of hydrogen-bond donors (Lipinski definition) is 0. The zero-order chi connectivity index (χ0) is 20.8. The van der Waals surface area contributed by atoms with Crippen LogP contribution in [0.25, 0.3) is 0 Å². The Morgan fingerprint density at radius 3 is 2.62 bits per heavy atom. The molecule has 2 heterocycles. The van der Waals surface area contributed by atoms with Crippen LogP contribution in [0.3, 0.4) is 0 Å². The summed E-state index contributed by atoms with van der Waals surface area (Å²) in [4.78, 5) is 19.1. The average Bonchev–Trinajstić information content (AvgIpc) is 3.08. The molecule has 5 nitrogen and oxygen atoms in total. The van der Waals surface area contributed by atoms with Crippen LogP contribution in [0.4, 0.5) is 5.69 Å². The number of aryl methyl sites for hydroxylation is 3. The lowest BCUT2D eigenvalue weighted by Gasteiger charge is -2.25. The van der Waals surface area contributed by atoms with E-state index in [-0.39, 0.29) is 35.1 Å². The van der Waals surface area contributed by atoms with E-state index in [4.69, 9.17) is 0 Å². The van der Waals surface area contributed by atoms with Crippen LogP contribution in [0.1, 0.15) is 22.3 Å². The molecule has 2 aliphatic heterocycles. The molecule has 7 heteroatoms. The lowest BCUT2D eigenvalue weighted by Crippen LogP contribution is -2.37. The van der Waals surface area contributed by atoms with Crippen LogP contribution < -0.4 is 4.90 Å². The van der Waals surface area contributed by atoms with Gasteiger partial charge in [-0.05, 0) is 49.6 Å². The number of carbonyl (C=O) groups excluding carboxylic acids is 1. The van der Waals surface area contributed by atoms with Gasteiger partial charge in [0.2, 0.25) is 0 Å². The molecule has 0 aliphatic carbocycles. The van der Waals surface area contributed by atoms with E-state index in [1.54, 1.807) is 0 Å². The zero-order valence-corrected chi connectivity index (χ0v) is 18.4. The molecule has 2 atom stereocenters. The third-order valence-electron chi connectivity index (χ3n) is 5.49. The fourth-order valence-electron chi connectivity index (χ4n) is 3.88. The largest absolute Gasteiger partial charge is 0.316 e. The van der Waals surface area contributed by atoms with Crippen LogP contribution in [0.2, 0.25) is 0 Å².